The van der Waals surface area contributed by atoms with Crippen LogP contribution in [0, 0.1) is 0 Å². The predicted octanol–water partition coefficient (Wildman–Crippen LogP) is 2.35. The Bertz CT molecular complexity index is 660. The fourth-order valence-corrected chi connectivity index (χ4v) is 3.22. The lowest BCUT2D eigenvalue weighted by Gasteiger charge is -2.18. The normalized spacial score (nSPS) is 15.0. The van der Waals surface area contributed by atoms with E-state index < -0.39 is 0 Å². The number of nitrogens with one attached hydrogen (secondary N) is 1. The number of benzene rings is 1. The molecule has 1 saturated heterocycles. The first kappa shape index (κ1) is 16.3. The zero-order chi connectivity index (χ0) is 16.2. The van der Waals surface area contributed by atoms with Crippen LogP contribution >= 0.6 is 15.9 Å². The SMILES string of the molecule is CN(Cc1ccc(-c2ccc(Br)cc2)o1)C(=O)C[NH+]1CCCC1. The lowest BCUT2D eigenvalue weighted by atomic mass is 10.2. The van der Waals surface area contributed by atoms with Crippen LogP contribution in [-0.4, -0.2) is 37.5 Å². The summed E-state index contributed by atoms with van der Waals surface area (Å²) >= 11 is 3.43. The van der Waals surface area contributed by atoms with Crippen LogP contribution in [0.15, 0.2) is 45.3 Å². The van der Waals surface area contributed by atoms with E-state index in [4.69, 9.17) is 4.42 Å². The summed E-state index contributed by atoms with van der Waals surface area (Å²) < 4.78 is 6.93. The summed E-state index contributed by atoms with van der Waals surface area (Å²) in [6, 6.07) is 11.9. The highest BCUT2D eigenvalue weighted by atomic mass is 79.9. The van der Waals surface area contributed by atoms with Crippen molar-refractivity contribution in [1.82, 2.24) is 4.90 Å². The van der Waals surface area contributed by atoms with E-state index >= 15 is 0 Å². The third-order valence-electron chi connectivity index (χ3n) is 4.32. The Morgan fingerprint density at radius 2 is 1.87 bits per heavy atom. The number of likely N-dealkylation sites (tertiary alicyclic amines) is 1. The largest absolute Gasteiger partial charge is 0.459 e. The summed E-state index contributed by atoms with van der Waals surface area (Å²) in [4.78, 5) is 15.4. The van der Waals surface area contributed by atoms with Crippen LogP contribution in [0.1, 0.15) is 18.6 Å². The van der Waals surface area contributed by atoms with Crippen LogP contribution in [0.3, 0.4) is 0 Å². The predicted molar refractivity (Wildman–Crippen MR) is 93.1 cm³/mol. The summed E-state index contributed by atoms with van der Waals surface area (Å²) in [7, 11) is 1.85. The molecule has 5 heteroatoms. The van der Waals surface area contributed by atoms with Gasteiger partial charge < -0.3 is 14.2 Å². The first-order valence-electron chi connectivity index (χ1n) is 8.04. The molecule has 1 aliphatic heterocycles. The maximum absolute atomic E-state index is 12.3. The van der Waals surface area contributed by atoms with Gasteiger partial charge in [0, 0.05) is 29.9 Å². The molecular formula is C18H22BrN2O2+. The molecule has 2 heterocycles. The van der Waals surface area contributed by atoms with Crippen molar-refractivity contribution < 1.29 is 14.1 Å². The van der Waals surface area contributed by atoms with Gasteiger partial charge in [-0.15, -0.1) is 0 Å². The molecule has 0 aliphatic carbocycles. The van der Waals surface area contributed by atoms with Gasteiger partial charge in [0.05, 0.1) is 19.6 Å². The Labute approximate surface area is 145 Å². The van der Waals surface area contributed by atoms with Crippen LogP contribution in [0.4, 0.5) is 0 Å². The van der Waals surface area contributed by atoms with Gasteiger partial charge in [-0.05, 0) is 24.3 Å². The molecule has 23 heavy (non-hydrogen) atoms. The summed E-state index contributed by atoms with van der Waals surface area (Å²) in [6.07, 6.45) is 2.47. The van der Waals surface area contributed by atoms with Gasteiger partial charge >= 0.3 is 0 Å². The summed E-state index contributed by atoms with van der Waals surface area (Å²) in [5.41, 5.74) is 1.04. The molecular weight excluding hydrogens is 356 g/mol. The second kappa shape index (κ2) is 7.32. The number of furan rings is 1. The minimum atomic E-state index is 0.184. The van der Waals surface area contributed by atoms with Crippen molar-refractivity contribution in [1.29, 1.82) is 0 Å². The van der Waals surface area contributed by atoms with Gasteiger partial charge in [0.25, 0.3) is 5.91 Å². The third kappa shape index (κ3) is 4.24. The highest BCUT2D eigenvalue weighted by Crippen LogP contribution is 2.24. The third-order valence-corrected chi connectivity index (χ3v) is 4.85. The van der Waals surface area contributed by atoms with Gasteiger partial charge in [0.1, 0.15) is 11.5 Å². The topological polar surface area (TPSA) is 37.9 Å². The first-order valence-corrected chi connectivity index (χ1v) is 8.83. The number of halogens is 1. The van der Waals surface area contributed by atoms with Crippen molar-refractivity contribution >= 4 is 21.8 Å². The number of nitrogens with zero attached hydrogens (tertiary/aromatic N) is 1. The minimum Gasteiger partial charge on any atom is -0.459 e. The highest BCUT2D eigenvalue weighted by molar-refractivity contribution is 9.10. The van der Waals surface area contributed by atoms with Gasteiger partial charge in [-0.2, -0.15) is 0 Å². The Morgan fingerprint density at radius 3 is 2.57 bits per heavy atom. The maximum Gasteiger partial charge on any atom is 0.277 e. The van der Waals surface area contributed by atoms with Crippen LogP contribution < -0.4 is 4.90 Å². The molecule has 1 aromatic carbocycles. The fraction of sp³-hybridized carbons (Fsp3) is 0.389. The van der Waals surface area contributed by atoms with E-state index in [1.807, 2.05) is 43.4 Å². The lowest BCUT2D eigenvalue weighted by molar-refractivity contribution is -0.879. The fourth-order valence-electron chi connectivity index (χ4n) is 2.95. The Kier molecular flexibility index (Phi) is 5.18. The number of likely N-dealkylation sites (N-methyl/N-ethyl adjacent to an activating group) is 1. The first-order chi connectivity index (χ1) is 11.1. The lowest BCUT2D eigenvalue weighted by Crippen LogP contribution is -3.11. The summed E-state index contributed by atoms with van der Waals surface area (Å²) in [6.45, 7) is 3.35. The van der Waals surface area contributed by atoms with Crippen LogP contribution in [0.5, 0.6) is 0 Å². The molecule has 1 fully saturated rings. The molecule has 3 rings (SSSR count). The Hall–Kier alpha value is -1.59. The van der Waals surface area contributed by atoms with Gasteiger partial charge in [-0.25, -0.2) is 0 Å². The average Bonchev–Trinajstić information content (AvgIpc) is 3.20. The van der Waals surface area contributed by atoms with Crippen LogP contribution in [0.25, 0.3) is 11.3 Å². The maximum atomic E-state index is 12.3. The quantitative estimate of drug-likeness (QED) is 0.868. The van der Waals surface area contributed by atoms with Crippen molar-refractivity contribution in [3.63, 3.8) is 0 Å². The van der Waals surface area contributed by atoms with Gasteiger partial charge in [-0.3, -0.25) is 4.79 Å². The molecule has 122 valence electrons. The van der Waals surface area contributed by atoms with Gasteiger partial charge in [-0.1, -0.05) is 28.1 Å². The van der Waals surface area contributed by atoms with Crippen LogP contribution in [-0.2, 0) is 11.3 Å². The van der Waals surface area contributed by atoms with Crippen molar-refractivity contribution in [2.45, 2.75) is 19.4 Å². The monoisotopic (exact) mass is 377 g/mol. The van der Waals surface area contributed by atoms with Crippen molar-refractivity contribution in [2.24, 2.45) is 0 Å². The van der Waals surface area contributed by atoms with E-state index in [-0.39, 0.29) is 5.91 Å². The van der Waals surface area contributed by atoms with Gasteiger partial charge in [0.2, 0.25) is 0 Å². The molecule has 2 aromatic rings. The molecule has 0 spiro atoms. The average molecular weight is 378 g/mol. The smallest absolute Gasteiger partial charge is 0.277 e. The summed E-state index contributed by atoms with van der Waals surface area (Å²) in [5, 5.41) is 0. The zero-order valence-electron chi connectivity index (χ0n) is 13.3. The minimum absolute atomic E-state index is 0.184. The number of quaternary nitrogens is 1. The van der Waals surface area contributed by atoms with E-state index in [0.29, 0.717) is 13.1 Å². The second-order valence-electron chi connectivity index (χ2n) is 6.16. The highest BCUT2D eigenvalue weighted by Gasteiger charge is 2.21. The number of amides is 1. The number of hydrogen-bond acceptors (Lipinski definition) is 2. The zero-order valence-corrected chi connectivity index (χ0v) is 14.9. The molecule has 1 aromatic heterocycles. The molecule has 1 N–H and O–H groups in total. The summed E-state index contributed by atoms with van der Waals surface area (Å²) in [5.74, 6) is 1.83. The molecule has 0 bridgehead atoms. The Balaban J connectivity index is 1.59. The van der Waals surface area contributed by atoms with Crippen molar-refractivity contribution in [2.75, 3.05) is 26.7 Å². The van der Waals surface area contributed by atoms with Crippen LogP contribution in [0.2, 0.25) is 0 Å². The Morgan fingerprint density at radius 1 is 1.17 bits per heavy atom. The van der Waals surface area contributed by atoms with E-state index in [2.05, 4.69) is 15.9 Å². The number of carbonyl (C=O) groups is 1. The molecule has 4 nitrogen and oxygen atoms in total. The van der Waals surface area contributed by atoms with E-state index in [1.54, 1.807) is 4.90 Å². The number of carbonyl (C=O) groups excluding carboxylic acids is 1. The molecule has 1 aliphatic rings. The number of rotatable bonds is 5. The molecule has 1 amide bonds. The molecule has 0 atom stereocenters. The standard InChI is InChI=1S/C18H21BrN2O2/c1-20(18(22)13-21-10-2-3-11-21)12-16-8-9-17(23-16)14-4-6-15(19)7-5-14/h4-9H,2-3,10-13H2,1H3/p+1. The van der Waals surface area contributed by atoms with Gasteiger partial charge in [0.15, 0.2) is 6.54 Å². The van der Waals surface area contributed by atoms with Crippen molar-refractivity contribution in [3.05, 3.63) is 46.6 Å². The second-order valence-corrected chi connectivity index (χ2v) is 7.07. The van der Waals surface area contributed by atoms with E-state index in [1.165, 1.54) is 17.7 Å². The molecule has 0 unspecified atom stereocenters. The van der Waals surface area contributed by atoms with E-state index in [0.717, 1.165) is 34.6 Å². The van der Waals surface area contributed by atoms with E-state index in [9.17, 15) is 4.79 Å². The van der Waals surface area contributed by atoms with Crippen molar-refractivity contribution in [3.8, 4) is 11.3 Å². The molecule has 0 saturated carbocycles. The number of hydrogen-bond donors (Lipinski definition) is 1. The molecule has 0 radical (unpaired) electrons.